The Balaban J connectivity index is 3.15. The first-order chi connectivity index (χ1) is 12.0. The highest BCUT2D eigenvalue weighted by atomic mass is 16.4. The molecule has 0 radical (unpaired) electrons. The molecule has 26 heavy (non-hydrogen) atoms. The maximum atomic E-state index is 11.5. The van der Waals surface area contributed by atoms with Gasteiger partial charge in [0.1, 0.15) is 0 Å². The Morgan fingerprint density at radius 2 is 1.62 bits per heavy atom. The van der Waals surface area contributed by atoms with E-state index in [1.807, 2.05) is 13.0 Å². The van der Waals surface area contributed by atoms with E-state index >= 15 is 0 Å². The Bertz CT molecular complexity index is 740. The van der Waals surface area contributed by atoms with Crippen molar-refractivity contribution < 1.29 is 19.8 Å². The zero-order chi connectivity index (χ0) is 20.1. The minimum absolute atomic E-state index is 0.00829. The van der Waals surface area contributed by atoms with Gasteiger partial charge in [0.05, 0.1) is 5.57 Å². The number of carbonyl (C=O) groups is 2. The third-order valence-corrected chi connectivity index (χ3v) is 5.09. The van der Waals surface area contributed by atoms with E-state index in [2.05, 4.69) is 26.8 Å². The van der Waals surface area contributed by atoms with Crippen LogP contribution in [-0.4, -0.2) is 22.2 Å². The van der Waals surface area contributed by atoms with Crippen molar-refractivity contribution in [3.63, 3.8) is 0 Å². The first-order valence-electron chi connectivity index (χ1n) is 8.88. The van der Waals surface area contributed by atoms with E-state index in [0.29, 0.717) is 0 Å². The largest absolute Gasteiger partial charge is 0.478 e. The molecule has 2 N–H and O–H groups in total. The van der Waals surface area contributed by atoms with Crippen LogP contribution in [0.2, 0.25) is 0 Å². The number of hydrogen-bond donors (Lipinski definition) is 2. The van der Waals surface area contributed by atoms with Gasteiger partial charge in [-0.3, -0.25) is 0 Å². The van der Waals surface area contributed by atoms with Gasteiger partial charge in [-0.1, -0.05) is 43.2 Å². The molecule has 0 unspecified atom stereocenters. The highest BCUT2D eigenvalue weighted by Gasteiger charge is 2.26. The van der Waals surface area contributed by atoms with Gasteiger partial charge in [-0.25, -0.2) is 9.59 Å². The molecule has 0 saturated carbocycles. The lowest BCUT2D eigenvalue weighted by molar-refractivity contribution is -0.132. The Labute approximate surface area is 156 Å². The number of hydrogen-bond acceptors (Lipinski definition) is 2. The highest BCUT2D eigenvalue weighted by Crippen LogP contribution is 2.40. The Morgan fingerprint density at radius 1 is 1.00 bits per heavy atom. The topological polar surface area (TPSA) is 74.6 Å². The third-order valence-electron chi connectivity index (χ3n) is 5.09. The van der Waals surface area contributed by atoms with Crippen LogP contribution in [0.5, 0.6) is 0 Å². The van der Waals surface area contributed by atoms with Crippen LogP contribution in [0, 0.1) is 5.41 Å². The van der Waals surface area contributed by atoms with E-state index in [4.69, 9.17) is 5.11 Å². The molecular formula is C22H30O4. The van der Waals surface area contributed by atoms with Crippen molar-refractivity contribution in [1.29, 1.82) is 0 Å². The predicted octanol–water partition coefficient (Wildman–Crippen LogP) is 5.45. The normalized spacial score (nSPS) is 19.6. The van der Waals surface area contributed by atoms with E-state index in [-0.39, 0.29) is 22.1 Å². The Kier molecular flexibility index (Phi) is 7.37. The molecule has 0 saturated heterocycles. The summed E-state index contributed by atoms with van der Waals surface area (Å²) in [7, 11) is 0. The van der Waals surface area contributed by atoms with Crippen molar-refractivity contribution in [2.24, 2.45) is 5.41 Å². The first kappa shape index (κ1) is 21.7. The monoisotopic (exact) mass is 358 g/mol. The molecule has 0 fully saturated rings. The third kappa shape index (κ3) is 5.58. The fourth-order valence-corrected chi connectivity index (χ4v) is 3.21. The molecular weight excluding hydrogens is 328 g/mol. The van der Waals surface area contributed by atoms with Gasteiger partial charge in [-0.2, -0.15) is 0 Å². The minimum Gasteiger partial charge on any atom is -0.478 e. The maximum absolute atomic E-state index is 11.5. The Hall–Kier alpha value is -2.36. The number of allylic oxidation sites excluding steroid dienone is 7. The van der Waals surface area contributed by atoms with E-state index in [1.165, 1.54) is 37.5 Å². The van der Waals surface area contributed by atoms with Gasteiger partial charge in [0.25, 0.3) is 0 Å². The lowest BCUT2D eigenvalue weighted by Gasteiger charge is -2.32. The molecule has 1 rings (SSSR count). The van der Waals surface area contributed by atoms with Crippen LogP contribution in [0.25, 0.3) is 0 Å². The molecule has 0 heterocycles. The molecule has 0 aliphatic heterocycles. The van der Waals surface area contributed by atoms with Crippen LogP contribution in [-0.2, 0) is 9.59 Å². The second-order valence-electron chi connectivity index (χ2n) is 7.62. The number of carboxylic acid groups (broad SMARTS) is 2. The summed E-state index contributed by atoms with van der Waals surface area (Å²) in [6.45, 7) is 11.5. The van der Waals surface area contributed by atoms with Crippen LogP contribution in [0.1, 0.15) is 60.8 Å². The number of carboxylic acids is 2. The van der Waals surface area contributed by atoms with Crippen LogP contribution < -0.4 is 0 Å². The molecule has 4 nitrogen and oxygen atoms in total. The molecule has 0 amide bonds. The quantitative estimate of drug-likeness (QED) is 0.489. The van der Waals surface area contributed by atoms with Crippen molar-refractivity contribution in [2.45, 2.75) is 60.8 Å². The second kappa shape index (κ2) is 8.84. The summed E-state index contributed by atoms with van der Waals surface area (Å²) in [5, 5.41) is 18.4. The Morgan fingerprint density at radius 3 is 2.12 bits per heavy atom. The lowest BCUT2D eigenvalue weighted by Crippen LogP contribution is -2.19. The van der Waals surface area contributed by atoms with Gasteiger partial charge in [-0.05, 0) is 69.6 Å². The number of rotatable bonds is 6. The number of aliphatic carboxylic acids is 2. The molecule has 1 aliphatic carbocycles. The van der Waals surface area contributed by atoms with Gasteiger partial charge < -0.3 is 10.2 Å². The summed E-state index contributed by atoms with van der Waals surface area (Å²) in [5.41, 5.74) is 4.09. The highest BCUT2D eigenvalue weighted by molar-refractivity contribution is 5.96. The zero-order valence-electron chi connectivity index (χ0n) is 16.6. The molecule has 1 aliphatic rings. The van der Waals surface area contributed by atoms with Crippen molar-refractivity contribution in [3.05, 3.63) is 57.7 Å². The molecule has 0 aromatic carbocycles. The van der Waals surface area contributed by atoms with Crippen LogP contribution in [0.3, 0.4) is 0 Å². The molecule has 0 spiro atoms. The van der Waals surface area contributed by atoms with Crippen molar-refractivity contribution in [1.82, 2.24) is 0 Å². The zero-order valence-corrected chi connectivity index (χ0v) is 16.6. The maximum Gasteiger partial charge on any atom is 0.335 e. The summed E-state index contributed by atoms with van der Waals surface area (Å²) >= 11 is 0. The molecule has 0 aromatic heterocycles. The summed E-state index contributed by atoms with van der Waals surface area (Å²) in [5.74, 6) is -2.25. The van der Waals surface area contributed by atoms with Crippen LogP contribution in [0.15, 0.2) is 57.7 Å². The molecule has 0 aromatic rings. The summed E-state index contributed by atoms with van der Waals surface area (Å²) in [6.07, 6.45) is 10.8. The van der Waals surface area contributed by atoms with E-state index in [1.54, 1.807) is 6.08 Å². The van der Waals surface area contributed by atoms with Gasteiger partial charge in [0.15, 0.2) is 0 Å². The molecule has 0 atom stereocenters. The summed E-state index contributed by atoms with van der Waals surface area (Å²) < 4.78 is 0. The fourth-order valence-electron chi connectivity index (χ4n) is 3.21. The standard InChI is InChI=1S/C22H30O4/c1-14(10-12-19-15(2)8-7-13-22(19,5)6)9-11-18(21(25)26)16(3)17(4)20(23)24/h9-12H,7-8,13H2,1-6H3,(H,23,24)(H,25,26). The lowest BCUT2D eigenvalue weighted by atomic mass is 9.72. The second-order valence-corrected chi connectivity index (χ2v) is 7.62. The van der Waals surface area contributed by atoms with Gasteiger partial charge in [-0.15, -0.1) is 0 Å². The van der Waals surface area contributed by atoms with Crippen molar-refractivity contribution in [2.75, 3.05) is 0 Å². The average Bonchev–Trinajstić information content (AvgIpc) is 2.52. The fraction of sp³-hybridized carbons (Fsp3) is 0.455. The van der Waals surface area contributed by atoms with Gasteiger partial charge in [0, 0.05) is 5.57 Å². The van der Waals surface area contributed by atoms with E-state index in [9.17, 15) is 14.7 Å². The first-order valence-corrected chi connectivity index (χ1v) is 8.88. The SMILES string of the molecule is CC(C=CC1=C(C)CCCC1(C)C)=CC=C(C(=O)O)C(C)=C(C)C(=O)O. The van der Waals surface area contributed by atoms with Crippen molar-refractivity contribution in [3.8, 4) is 0 Å². The molecule has 4 heteroatoms. The average molecular weight is 358 g/mol. The minimum atomic E-state index is -1.14. The molecule has 142 valence electrons. The summed E-state index contributed by atoms with van der Waals surface area (Å²) in [6, 6.07) is 0. The van der Waals surface area contributed by atoms with E-state index in [0.717, 1.165) is 18.4 Å². The van der Waals surface area contributed by atoms with Gasteiger partial charge in [0.2, 0.25) is 0 Å². The van der Waals surface area contributed by atoms with Crippen LogP contribution in [0.4, 0.5) is 0 Å². The summed E-state index contributed by atoms with van der Waals surface area (Å²) in [4.78, 5) is 22.5. The molecule has 0 bridgehead atoms. The van der Waals surface area contributed by atoms with Gasteiger partial charge >= 0.3 is 11.9 Å². The van der Waals surface area contributed by atoms with E-state index < -0.39 is 11.9 Å². The smallest absolute Gasteiger partial charge is 0.335 e. The van der Waals surface area contributed by atoms with Crippen LogP contribution >= 0.6 is 0 Å². The van der Waals surface area contributed by atoms with Crippen molar-refractivity contribution >= 4 is 11.9 Å². The predicted molar refractivity (Wildman–Crippen MR) is 105 cm³/mol.